The molecule has 0 bridgehead atoms. The molecule has 4 rings (SSSR count). The van der Waals surface area contributed by atoms with E-state index in [9.17, 15) is 0 Å². The highest BCUT2D eigenvalue weighted by Crippen LogP contribution is 2.10. The van der Waals surface area contributed by atoms with Gasteiger partial charge in [-0.3, -0.25) is 0 Å². The topological polar surface area (TPSA) is 101 Å². The molecular weight excluding hydrogens is 481 g/mol. The van der Waals surface area contributed by atoms with Gasteiger partial charge in [0.25, 0.3) is 0 Å². The summed E-state index contributed by atoms with van der Waals surface area (Å²) < 4.78 is 1.80. The van der Waals surface area contributed by atoms with Crippen LogP contribution in [0.1, 0.15) is 11.1 Å². The molecule has 0 unspecified atom stereocenters. The molecule has 10 heteroatoms. The Hall–Kier alpha value is -2.76. The largest absolute Gasteiger partial charge is 0.370 e. The van der Waals surface area contributed by atoms with E-state index in [-0.39, 0.29) is 24.0 Å². The highest BCUT2D eigenvalue weighted by Gasteiger charge is 2.19. The van der Waals surface area contributed by atoms with Crippen LogP contribution >= 0.6 is 24.0 Å². The quantitative estimate of drug-likeness (QED) is 0.318. The van der Waals surface area contributed by atoms with Crippen LogP contribution in [0.25, 0.3) is 0 Å². The second-order valence-electron chi connectivity index (χ2n) is 6.61. The fraction of sp³-hybridized carbons (Fsp3) is 0.316. The normalized spacial score (nSPS) is 14.6. The molecule has 1 aliphatic heterocycles. The molecule has 1 aliphatic rings. The maximum Gasteiger partial charge on any atom is 0.225 e. The lowest BCUT2D eigenvalue weighted by Crippen LogP contribution is -2.51. The van der Waals surface area contributed by atoms with E-state index in [1.165, 1.54) is 5.56 Å². The van der Waals surface area contributed by atoms with Gasteiger partial charge in [0.1, 0.15) is 12.7 Å². The van der Waals surface area contributed by atoms with E-state index < -0.39 is 0 Å². The van der Waals surface area contributed by atoms with Crippen molar-refractivity contribution in [2.45, 2.75) is 13.1 Å². The lowest BCUT2D eigenvalue weighted by atomic mass is 10.1. The van der Waals surface area contributed by atoms with E-state index in [4.69, 9.17) is 5.73 Å². The number of nitrogens with zero attached hydrogens (tertiary/aromatic N) is 8. The Morgan fingerprint density at radius 2 is 1.69 bits per heavy atom. The van der Waals surface area contributed by atoms with Crippen LogP contribution in [0.3, 0.4) is 0 Å². The number of halogens is 1. The van der Waals surface area contributed by atoms with Crippen LogP contribution in [-0.4, -0.2) is 61.8 Å². The van der Waals surface area contributed by atoms with Gasteiger partial charge in [-0.05, 0) is 17.2 Å². The lowest BCUT2D eigenvalue weighted by molar-refractivity contribution is 0.378. The van der Waals surface area contributed by atoms with Crippen molar-refractivity contribution in [2.24, 2.45) is 10.7 Å². The number of hydrogen-bond donors (Lipinski definition) is 1. The first-order valence-electron chi connectivity index (χ1n) is 9.25. The molecule has 3 aromatic rings. The first kappa shape index (κ1) is 21.0. The van der Waals surface area contributed by atoms with E-state index >= 15 is 0 Å². The molecule has 0 saturated carbocycles. The van der Waals surface area contributed by atoms with Gasteiger partial charge in [0.15, 0.2) is 5.96 Å². The predicted molar refractivity (Wildman–Crippen MR) is 122 cm³/mol. The highest BCUT2D eigenvalue weighted by molar-refractivity contribution is 14.0. The van der Waals surface area contributed by atoms with Crippen LogP contribution in [0.2, 0.25) is 0 Å². The molecule has 1 aromatic carbocycles. The Balaban J connectivity index is 0.00000240. The summed E-state index contributed by atoms with van der Waals surface area (Å²) in [5.74, 6) is 1.35. The van der Waals surface area contributed by atoms with Gasteiger partial charge in [0.05, 0.1) is 13.1 Å². The zero-order valence-electron chi connectivity index (χ0n) is 16.0. The minimum Gasteiger partial charge on any atom is -0.370 e. The molecule has 0 spiro atoms. The zero-order valence-corrected chi connectivity index (χ0v) is 18.3. The Morgan fingerprint density at radius 3 is 2.34 bits per heavy atom. The van der Waals surface area contributed by atoms with Crippen molar-refractivity contribution in [3.8, 4) is 0 Å². The van der Waals surface area contributed by atoms with Gasteiger partial charge in [0, 0.05) is 38.6 Å². The third-order valence-corrected chi connectivity index (χ3v) is 4.70. The molecule has 1 saturated heterocycles. The molecule has 9 nitrogen and oxygen atoms in total. The van der Waals surface area contributed by atoms with E-state index in [0.29, 0.717) is 19.0 Å². The van der Waals surface area contributed by atoms with Crippen molar-refractivity contribution in [1.29, 1.82) is 0 Å². The number of aliphatic imine (C=N–C) groups is 1. The Morgan fingerprint density at radius 1 is 1.00 bits per heavy atom. The molecule has 29 heavy (non-hydrogen) atoms. The summed E-state index contributed by atoms with van der Waals surface area (Å²) in [6.07, 6.45) is 6.78. The molecule has 3 heterocycles. The molecule has 1 fully saturated rings. The number of benzene rings is 1. The summed E-state index contributed by atoms with van der Waals surface area (Å²) in [5, 5.41) is 4.12. The number of aromatic nitrogens is 5. The molecule has 0 amide bonds. The van der Waals surface area contributed by atoms with Crippen molar-refractivity contribution in [1.82, 2.24) is 29.6 Å². The maximum atomic E-state index is 6.21. The average Bonchev–Trinajstić information content (AvgIpc) is 3.27. The monoisotopic (exact) mass is 505 g/mol. The SMILES string of the molecule is I.NC(=NCc1ccc(Cn2cncn2)cc1)N1CCN(c2ncccn2)CC1. The lowest BCUT2D eigenvalue weighted by Gasteiger charge is -2.35. The Bertz CT molecular complexity index is 889. The third kappa shape index (κ3) is 5.62. The fourth-order valence-corrected chi connectivity index (χ4v) is 3.11. The predicted octanol–water partition coefficient (Wildman–Crippen LogP) is 1.37. The molecule has 0 aliphatic carbocycles. The van der Waals surface area contributed by atoms with Crippen LogP contribution in [-0.2, 0) is 13.1 Å². The van der Waals surface area contributed by atoms with Crippen molar-refractivity contribution in [3.05, 3.63) is 66.5 Å². The number of rotatable bonds is 5. The number of anilines is 1. The fourth-order valence-electron chi connectivity index (χ4n) is 3.11. The van der Waals surface area contributed by atoms with Crippen LogP contribution in [0.4, 0.5) is 5.95 Å². The Kier molecular flexibility index (Phi) is 7.33. The number of nitrogens with two attached hydrogens (primary N) is 1. The van der Waals surface area contributed by atoms with Gasteiger partial charge in [-0.25, -0.2) is 24.6 Å². The van der Waals surface area contributed by atoms with E-state index in [0.717, 1.165) is 37.7 Å². The van der Waals surface area contributed by atoms with Crippen molar-refractivity contribution < 1.29 is 0 Å². The van der Waals surface area contributed by atoms with Crippen LogP contribution in [0, 0.1) is 0 Å². The van der Waals surface area contributed by atoms with Gasteiger partial charge in [-0.1, -0.05) is 24.3 Å². The molecule has 0 atom stereocenters. The second kappa shape index (κ2) is 10.1. The summed E-state index contributed by atoms with van der Waals surface area (Å²) >= 11 is 0. The molecule has 0 radical (unpaired) electrons. The first-order chi connectivity index (χ1) is 13.8. The smallest absolute Gasteiger partial charge is 0.225 e. The summed E-state index contributed by atoms with van der Waals surface area (Å²) in [7, 11) is 0. The third-order valence-electron chi connectivity index (χ3n) is 4.70. The minimum atomic E-state index is 0. The van der Waals surface area contributed by atoms with E-state index in [1.807, 2.05) is 6.07 Å². The molecule has 2 N–H and O–H groups in total. The average molecular weight is 505 g/mol. The van der Waals surface area contributed by atoms with E-state index in [2.05, 4.69) is 59.1 Å². The standard InChI is InChI=1S/C19H23N9.HI/c20-18(26-8-10-27(11-9-26)19-22-6-1-7-23-19)24-12-16-2-4-17(5-3-16)13-28-15-21-14-25-28;/h1-7,14-15H,8-13H2,(H2,20,24);1H. The van der Waals surface area contributed by atoms with Crippen LogP contribution in [0.5, 0.6) is 0 Å². The number of guanidine groups is 1. The molecule has 2 aromatic heterocycles. The van der Waals surface area contributed by atoms with Crippen LogP contribution < -0.4 is 10.6 Å². The summed E-state index contributed by atoms with van der Waals surface area (Å²) in [4.78, 5) is 21.4. The van der Waals surface area contributed by atoms with Crippen molar-refractivity contribution >= 4 is 35.9 Å². The van der Waals surface area contributed by atoms with Crippen LogP contribution in [0.15, 0.2) is 60.4 Å². The van der Waals surface area contributed by atoms with Gasteiger partial charge in [-0.2, -0.15) is 5.10 Å². The van der Waals surface area contributed by atoms with Gasteiger partial charge in [0.2, 0.25) is 5.95 Å². The van der Waals surface area contributed by atoms with Gasteiger partial charge < -0.3 is 15.5 Å². The maximum absolute atomic E-state index is 6.21. The van der Waals surface area contributed by atoms with Crippen molar-refractivity contribution in [2.75, 3.05) is 31.1 Å². The second-order valence-corrected chi connectivity index (χ2v) is 6.61. The summed E-state index contributed by atoms with van der Waals surface area (Å²) in [6, 6.07) is 10.1. The highest BCUT2D eigenvalue weighted by atomic mass is 127. The summed E-state index contributed by atoms with van der Waals surface area (Å²) in [6.45, 7) is 4.56. The molecular formula is C19H24IN9. The zero-order chi connectivity index (χ0) is 19.2. The Labute approximate surface area is 186 Å². The van der Waals surface area contributed by atoms with E-state index in [1.54, 1.807) is 29.7 Å². The number of hydrogen-bond acceptors (Lipinski definition) is 6. The van der Waals surface area contributed by atoms with Gasteiger partial charge >= 0.3 is 0 Å². The molecule has 152 valence electrons. The first-order valence-corrected chi connectivity index (χ1v) is 9.25. The number of piperazine rings is 1. The van der Waals surface area contributed by atoms with Gasteiger partial charge in [-0.15, -0.1) is 24.0 Å². The van der Waals surface area contributed by atoms with Crippen molar-refractivity contribution in [3.63, 3.8) is 0 Å². The summed E-state index contributed by atoms with van der Waals surface area (Å²) in [5.41, 5.74) is 8.51. The minimum absolute atomic E-state index is 0.